The van der Waals surface area contributed by atoms with Crippen LogP contribution in [0.25, 0.3) is 0 Å². The second-order valence-corrected chi connectivity index (χ2v) is 9.34. The fourth-order valence-electron chi connectivity index (χ4n) is 3.44. The minimum atomic E-state index is -1.75. The third-order valence-electron chi connectivity index (χ3n) is 5.65. The summed E-state index contributed by atoms with van der Waals surface area (Å²) in [4.78, 5) is 99.9. The Kier molecular flexibility index (Phi) is 11.8. The molecular weight excluding hydrogens is 568 g/mol. The van der Waals surface area contributed by atoms with Gasteiger partial charge in [0.05, 0.1) is 13.1 Å². The summed E-state index contributed by atoms with van der Waals surface area (Å²) in [5.74, 6) is -4.22. The van der Waals surface area contributed by atoms with Crippen LogP contribution in [0.15, 0.2) is 31.6 Å². The van der Waals surface area contributed by atoms with Gasteiger partial charge in [-0.1, -0.05) is 0 Å². The Morgan fingerprint density at radius 2 is 1.49 bits per heavy atom. The Hall–Kier alpha value is -4.45. The average molecular weight is 599 g/mol. The standard InChI is InChI=1S/C23H30N6O11S/c1-11-6-28(22(38)26-18(11)33)8-13(9-29-7-12(2)19(34)27-23(29)39)40-17(32)5-24-20(35)14(10-41)25-16(31)4-3-15(30)21(36)37/h6-7,13-15,30,41H,3-5,8-10H2,1-2H3,(H,24,35)(H,25,31)(H,36,37)(H,26,33,38)(H,27,34,39). The quantitative estimate of drug-likeness (QED) is 0.0825. The SMILES string of the molecule is Cc1cn(CC(Cn2cc(C)c(=O)[nH]c2=O)OC(=O)CNC(=O)C(CS)NC(=O)CCC(O)C(=O)O)c(=O)[nH]c1=O. The summed E-state index contributed by atoms with van der Waals surface area (Å²) in [5.41, 5.74) is -2.45. The molecule has 41 heavy (non-hydrogen) atoms. The van der Waals surface area contributed by atoms with Gasteiger partial charge in [0, 0.05) is 35.7 Å². The van der Waals surface area contributed by atoms with E-state index in [9.17, 15) is 43.5 Å². The van der Waals surface area contributed by atoms with Crippen LogP contribution in [0.4, 0.5) is 0 Å². The van der Waals surface area contributed by atoms with Gasteiger partial charge in [0.15, 0.2) is 6.10 Å². The van der Waals surface area contributed by atoms with E-state index in [0.717, 1.165) is 9.13 Å². The minimum Gasteiger partial charge on any atom is -0.479 e. The maximum atomic E-state index is 12.6. The molecule has 6 N–H and O–H groups in total. The molecule has 2 unspecified atom stereocenters. The van der Waals surface area contributed by atoms with E-state index in [1.165, 1.54) is 26.2 Å². The van der Waals surface area contributed by atoms with Crippen LogP contribution in [0.1, 0.15) is 24.0 Å². The third-order valence-corrected chi connectivity index (χ3v) is 6.01. The number of hydrogen-bond donors (Lipinski definition) is 7. The molecule has 0 aliphatic heterocycles. The molecule has 0 saturated carbocycles. The van der Waals surface area contributed by atoms with Gasteiger partial charge in [-0.15, -0.1) is 0 Å². The van der Waals surface area contributed by atoms with Crippen molar-refractivity contribution in [1.82, 2.24) is 29.7 Å². The number of esters is 1. The number of carboxylic acids is 1. The lowest BCUT2D eigenvalue weighted by molar-refractivity contribution is -0.150. The topological polar surface area (TPSA) is 252 Å². The number of aliphatic hydroxyl groups is 1. The number of aliphatic hydroxyl groups excluding tert-OH is 1. The van der Waals surface area contributed by atoms with Gasteiger partial charge < -0.3 is 25.6 Å². The smallest absolute Gasteiger partial charge is 0.332 e. The van der Waals surface area contributed by atoms with Crippen molar-refractivity contribution in [1.29, 1.82) is 0 Å². The zero-order chi connectivity index (χ0) is 30.9. The number of thiol groups is 1. The van der Waals surface area contributed by atoms with Crippen LogP contribution in [-0.4, -0.2) is 83.6 Å². The first-order chi connectivity index (χ1) is 19.2. The molecule has 2 rings (SSSR count). The number of hydrogen-bond acceptors (Lipinski definition) is 11. The first kappa shape index (κ1) is 32.8. The number of ether oxygens (including phenoxy) is 1. The molecule has 0 aromatic carbocycles. The van der Waals surface area contributed by atoms with E-state index in [2.05, 4.69) is 33.2 Å². The molecular formula is C23H30N6O11S. The van der Waals surface area contributed by atoms with Crippen LogP contribution in [0, 0.1) is 13.8 Å². The largest absolute Gasteiger partial charge is 0.479 e. The highest BCUT2D eigenvalue weighted by molar-refractivity contribution is 7.80. The minimum absolute atomic E-state index is 0.181. The van der Waals surface area contributed by atoms with Crippen LogP contribution in [0.5, 0.6) is 0 Å². The lowest BCUT2D eigenvalue weighted by Crippen LogP contribution is -2.49. The Labute approximate surface area is 236 Å². The fourth-order valence-corrected chi connectivity index (χ4v) is 3.70. The van der Waals surface area contributed by atoms with E-state index in [1.807, 2.05) is 0 Å². The van der Waals surface area contributed by atoms with E-state index >= 15 is 0 Å². The zero-order valence-corrected chi connectivity index (χ0v) is 22.9. The number of nitrogens with zero attached hydrogens (tertiary/aromatic N) is 2. The monoisotopic (exact) mass is 598 g/mol. The predicted molar refractivity (Wildman–Crippen MR) is 144 cm³/mol. The molecule has 0 fully saturated rings. The first-order valence-electron chi connectivity index (χ1n) is 12.1. The van der Waals surface area contributed by atoms with Crippen molar-refractivity contribution in [3.8, 4) is 0 Å². The number of carbonyl (C=O) groups is 4. The number of carbonyl (C=O) groups excluding carboxylic acids is 3. The van der Waals surface area contributed by atoms with E-state index in [4.69, 9.17) is 9.84 Å². The first-order valence-corrected chi connectivity index (χ1v) is 12.7. The molecule has 2 aromatic rings. The van der Waals surface area contributed by atoms with Crippen LogP contribution >= 0.6 is 12.6 Å². The summed E-state index contributed by atoms with van der Waals surface area (Å²) in [6.07, 6.45) is -1.24. The van der Waals surface area contributed by atoms with Gasteiger partial charge in [0.25, 0.3) is 11.1 Å². The normalized spacial score (nSPS) is 12.4. The molecule has 0 aliphatic rings. The number of rotatable bonds is 14. The number of aliphatic carboxylic acids is 1. The van der Waals surface area contributed by atoms with Crippen molar-refractivity contribution >= 4 is 36.4 Å². The number of H-pyrrole nitrogens is 2. The molecule has 0 spiro atoms. The van der Waals surface area contributed by atoms with Gasteiger partial charge >= 0.3 is 23.3 Å². The van der Waals surface area contributed by atoms with Crippen molar-refractivity contribution in [2.24, 2.45) is 0 Å². The molecule has 18 heteroatoms. The summed E-state index contributed by atoms with van der Waals surface area (Å²) < 4.78 is 7.51. The third kappa shape index (κ3) is 9.91. The molecule has 2 aromatic heterocycles. The number of nitrogens with one attached hydrogen (secondary N) is 4. The molecule has 2 heterocycles. The predicted octanol–water partition coefficient (Wildman–Crippen LogP) is -3.63. The molecule has 0 bridgehead atoms. The second-order valence-electron chi connectivity index (χ2n) is 8.97. The summed E-state index contributed by atoms with van der Waals surface area (Å²) in [5, 5.41) is 22.5. The van der Waals surface area contributed by atoms with Gasteiger partial charge in [0.2, 0.25) is 11.8 Å². The van der Waals surface area contributed by atoms with Crippen LogP contribution in [-0.2, 0) is 37.0 Å². The van der Waals surface area contributed by atoms with E-state index < -0.39 is 71.0 Å². The molecule has 2 atom stereocenters. The number of carboxylic acid groups (broad SMARTS) is 1. The van der Waals surface area contributed by atoms with Gasteiger partial charge in [0.1, 0.15) is 18.7 Å². The van der Waals surface area contributed by atoms with Gasteiger partial charge in [-0.25, -0.2) is 14.4 Å². The van der Waals surface area contributed by atoms with E-state index in [1.54, 1.807) is 0 Å². The van der Waals surface area contributed by atoms with Gasteiger partial charge in [-0.3, -0.25) is 43.1 Å². The van der Waals surface area contributed by atoms with Crippen LogP contribution in [0.2, 0.25) is 0 Å². The highest BCUT2D eigenvalue weighted by Crippen LogP contribution is 2.03. The van der Waals surface area contributed by atoms with Gasteiger partial charge in [-0.05, 0) is 20.3 Å². The summed E-state index contributed by atoms with van der Waals surface area (Å²) in [6.45, 7) is 1.60. The van der Waals surface area contributed by atoms with Crippen molar-refractivity contribution < 1.29 is 34.1 Å². The van der Waals surface area contributed by atoms with Crippen LogP contribution < -0.4 is 33.1 Å². The number of aromatic nitrogens is 4. The lowest BCUT2D eigenvalue weighted by Gasteiger charge is -2.21. The Morgan fingerprint density at radius 3 is 1.95 bits per heavy atom. The lowest BCUT2D eigenvalue weighted by atomic mass is 10.2. The highest BCUT2D eigenvalue weighted by Gasteiger charge is 2.23. The molecule has 224 valence electrons. The number of aromatic amines is 2. The summed E-state index contributed by atoms with van der Waals surface area (Å²) in [7, 11) is 0. The maximum Gasteiger partial charge on any atom is 0.332 e. The average Bonchev–Trinajstić information content (AvgIpc) is 2.90. The number of amides is 2. The Bertz CT molecular complexity index is 1450. The summed E-state index contributed by atoms with van der Waals surface area (Å²) >= 11 is 3.98. The van der Waals surface area contributed by atoms with Crippen LogP contribution in [0.3, 0.4) is 0 Å². The maximum absolute atomic E-state index is 12.6. The molecule has 0 saturated heterocycles. The molecule has 17 nitrogen and oxygen atoms in total. The van der Waals surface area contributed by atoms with E-state index in [-0.39, 0.29) is 42.8 Å². The number of aryl methyl sites for hydroxylation is 2. The van der Waals surface area contributed by atoms with Crippen molar-refractivity contribution in [3.05, 3.63) is 65.2 Å². The molecule has 0 aliphatic carbocycles. The van der Waals surface area contributed by atoms with Crippen molar-refractivity contribution in [2.75, 3.05) is 12.3 Å². The van der Waals surface area contributed by atoms with Gasteiger partial charge in [-0.2, -0.15) is 12.6 Å². The Balaban J connectivity index is 2.11. The zero-order valence-electron chi connectivity index (χ0n) is 22.0. The molecule has 2 amide bonds. The Morgan fingerprint density at radius 1 is 0.976 bits per heavy atom. The second kappa shape index (κ2) is 14.8. The van der Waals surface area contributed by atoms with E-state index in [0.29, 0.717) is 0 Å². The fraction of sp³-hybridized carbons (Fsp3) is 0.478. The summed E-state index contributed by atoms with van der Waals surface area (Å²) in [6, 6.07) is -1.21. The highest BCUT2D eigenvalue weighted by atomic mass is 32.1. The van der Waals surface area contributed by atoms with Crippen molar-refractivity contribution in [3.63, 3.8) is 0 Å². The molecule has 0 radical (unpaired) electrons. The van der Waals surface area contributed by atoms with Crippen molar-refractivity contribution in [2.45, 2.75) is 58.0 Å².